The molecule has 0 saturated heterocycles. The number of ketones is 1. The third-order valence-electron chi connectivity index (χ3n) is 2.80. The Balaban J connectivity index is 2.17. The average Bonchev–Trinajstić information content (AvgIpc) is 2.79. The zero-order valence-electron chi connectivity index (χ0n) is 12.3. The molecule has 3 nitrogen and oxygen atoms in total. The fourth-order valence-electron chi connectivity index (χ4n) is 1.80. The Morgan fingerprint density at radius 3 is 2.45 bits per heavy atom. The quantitative estimate of drug-likeness (QED) is 0.768. The van der Waals surface area contributed by atoms with Crippen LogP contribution in [0.1, 0.15) is 36.1 Å². The van der Waals surface area contributed by atoms with Crippen molar-refractivity contribution in [3.8, 4) is 16.3 Å². The second kappa shape index (κ2) is 6.18. The van der Waals surface area contributed by atoms with E-state index < -0.39 is 0 Å². The number of ether oxygens (including phenoxy) is 1. The molecule has 0 spiro atoms. The summed E-state index contributed by atoms with van der Waals surface area (Å²) in [7, 11) is 0. The molecular formula is C16H19NO2S. The van der Waals surface area contributed by atoms with Crippen LogP contribution in [0.2, 0.25) is 0 Å². The SMILES string of the molecule is CC(=O)c1sc(-c2ccc(OCC(C)C)cc2)nc1C. The molecule has 1 heterocycles. The second-order valence-corrected chi connectivity index (χ2v) is 6.22. The number of thiazole rings is 1. The number of aryl methyl sites for hydroxylation is 1. The van der Waals surface area contributed by atoms with Gasteiger partial charge in [-0.15, -0.1) is 11.3 Å². The molecule has 0 N–H and O–H groups in total. The molecule has 0 bridgehead atoms. The number of nitrogens with zero attached hydrogens (tertiary/aromatic N) is 1. The van der Waals surface area contributed by atoms with Gasteiger partial charge in [0.05, 0.1) is 17.2 Å². The standard InChI is InChI=1S/C16H19NO2S/c1-10(2)9-19-14-7-5-13(6-8-14)16-17-11(3)15(20-16)12(4)18/h5-8,10H,9H2,1-4H3. The summed E-state index contributed by atoms with van der Waals surface area (Å²) in [6, 6.07) is 7.86. The Kier molecular flexibility index (Phi) is 4.55. The van der Waals surface area contributed by atoms with Crippen molar-refractivity contribution in [1.29, 1.82) is 0 Å². The van der Waals surface area contributed by atoms with Gasteiger partial charge in [-0.3, -0.25) is 4.79 Å². The fraction of sp³-hybridized carbons (Fsp3) is 0.375. The average molecular weight is 289 g/mol. The first-order valence-corrected chi connectivity index (χ1v) is 7.50. The van der Waals surface area contributed by atoms with E-state index >= 15 is 0 Å². The Bertz CT molecular complexity index is 599. The number of benzene rings is 1. The molecular weight excluding hydrogens is 270 g/mol. The van der Waals surface area contributed by atoms with Gasteiger partial charge in [-0.1, -0.05) is 13.8 Å². The van der Waals surface area contributed by atoms with Crippen LogP contribution in [0.5, 0.6) is 5.75 Å². The van der Waals surface area contributed by atoms with Gasteiger partial charge in [0.1, 0.15) is 10.8 Å². The van der Waals surface area contributed by atoms with Crippen LogP contribution in [0.3, 0.4) is 0 Å². The van der Waals surface area contributed by atoms with Crippen molar-refractivity contribution in [3.05, 3.63) is 34.8 Å². The van der Waals surface area contributed by atoms with E-state index in [4.69, 9.17) is 4.74 Å². The summed E-state index contributed by atoms with van der Waals surface area (Å²) in [5.74, 6) is 1.44. The lowest BCUT2D eigenvalue weighted by Gasteiger charge is -2.08. The molecule has 0 atom stereocenters. The Morgan fingerprint density at radius 2 is 1.95 bits per heavy atom. The van der Waals surface area contributed by atoms with Gasteiger partial charge < -0.3 is 4.74 Å². The van der Waals surface area contributed by atoms with E-state index in [1.54, 1.807) is 6.92 Å². The number of carbonyl (C=O) groups is 1. The maximum absolute atomic E-state index is 11.5. The van der Waals surface area contributed by atoms with Crippen molar-refractivity contribution in [2.45, 2.75) is 27.7 Å². The highest BCUT2D eigenvalue weighted by Crippen LogP contribution is 2.29. The van der Waals surface area contributed by atoms with Gasteiger partial charge in [-0.05, 0) is 37.1 Å². The van der Waals surface area contributed by atoms with Crippen LogP contribution in [-0.2, 0) is 0 Å². The minimum atomic E-state index is 0.0723. The Labute approximate surface area is 123 Å². The zero-order chi connectivity index (χ0) is 14.7. The fourth-order valence-corrected chi connectivity index (χ4v) is 2.77. The largest absolute Gasteiger partial charge is 0.493 e. The maximum Gasteiger partial charge on any atom is 0.171 e. The predicted octanol–water partition coefficient (Wildman–Crippen LogP) is 4.36. The molecule has 2 aromatic rings. The summed E-state index contributed by atoms with van der Waals surface area (Å²) in [6.45, 7) is 8.40. The third kappa shape index (κ3) is 3.45. The smallest absolute Gasteiger partial charge is 0.171 e. The van der Waals surface area contributed by atoms with Gasteiger partial charge in [0.2, 0.25) is 0 Å². The summed E-state index contributed by atoms with van der Waals surface area (Å²) < 4.78 is 5.65. The number of aromatic nitrogens is 1. The molecule has 0 aliphatic carbocycles. The summed E-state index contributed by atoms with van der Waals surface area (Å²) in [6.07, 6.45) is 0. The van der Waals surface area contributed by atoms with Gasteiger partial charge in [0.25, 0.3) is 0 Å². The van der Waals surface area contributed by atoms with Crippen molar-refractivity contribution < 1.29 is 9.53 Å². The number of hydrogen-bond acceptors (Lipinski definition) is 4. The van der Waals surface area contributed by atoms with Crippen LogP contribution in [0.25, 0.3) is 10.6 Å². The van der Waals surface area contributed by atoms with Crippen molar-refractivity contribution in [2.24, 2.45) is 5.92 Å². The summed E-state index contributed by atoms with van der Waals surface area (Å²) in [5.41, 5.74) is 1.82. The van der Waals surface area contributed by atoms with Crippen LogP contribution < -0.4 is 4.74 Å². The Hall–Kier alpha value is -1.68. The van der Waals surface area contributed by atoms with E-state index in [9.17, 15) is 4.79 Å². The van der Waals surface area contributed by atoms with Crippen LogP contribution in [0.4, 0.5) is 0 Å². The van der Waals surface area contributed by atoms with Crippen LogP contribution >= 0.6 is 11.3 Å². The lowest BCUT2D eigenvalue weighted by atomic mass is 10.2. The molecule has 4 heteroatoms. The first-order chi connectivity index (χ1) is 9.47. The summed E-state index contributed by atoms with van der Waals surface area (Å²) in [5, 5.41) is 0.878. The minimum absolute atomic E-state index is 0.0723. The molecule has 0 radical (unpaired) electrons. The highest BCUT2D eigenvalue weighted by atomic mass is 32.1. The lowest BCUT2D eigenvalue weighted by molar-refractivity contribution is 0.102. The number of Topliss-reactive ketones (excluding diaryl/α,β-unsaturated/α-hetero) is 1. The van der Waals surface area contributed by atoms with Crippen molar-refractivity contribution in [1.82, 2.24) is 4.98 Å². The third-order valence-corrected chi connectivity index (χ3v) is 4.11. The van der Waals surface area contributed by atoms with Gasteiger partial charge in [0.15, 0.2) is 5.78 Å². The molecule has 0 aliphatic rings. The summed E-state index contributed by atoms with van der Waals surface area (Å²) in [4.78, 5) is 16.7. The van der Waals surface area contributed by atoms with Gasteiger partial charge in [-0.2, -0.15) is 0 Å². The van der Waals surface area contributed by atoms with Gasteiger partial charge in [0, 0.05) is 12.5 Å². The normalized spacial score (nSPS) is 10.8. The Morgan fingerprint density at radius 1 is 1.30 bits per heavy atom. The topological polar surface area (TPSA) is 39.2 Å². The van der Waals surface area contributed by atoms with E-state index in [0.29, 0.717) is 12.5 Å². The van der Waals surface area contributed by atoms with Crippen molar-refractivity contribution >= 4 is 17.1 Å². The number of carbonyl (C=O) groups excluding carboxylic acids is 1. The molecule has 2 rings (SSSR count). The highest BCUT2D eigenvalue weighted by Gasteiger charge is 2.12. The molecule has 0 unspecified atom stereocenters. The molecule has 1 aromatic heterocycles. The monoisotopic (exact) mass is 289 g/mol. The number of hydrogen-bond donors (Lipinski definition) is 0. The van der Waals surface area contributed by atoms with E-state index in [-0.39, 0.29) is 5.78 Å². The first-order valence-electron chi connectivity index (χ1n) is 6.69. The number of rotatable bonds is 5. The lowest BCUT2D eigenvalue weighted by Crippen LogP contribution is -2.04. The van der Waals surface area contributed by atoms with Crippen molar-refractivity contribution in [3.63, 3.8) is 0 Å². The van der Waals surface area contributed by atoms with Crippen LogP contribution in [-0.4, -0.2) is 17.4 Å². The second-order valence-electron chi connectivity index (χ2n) is 5.22. The van der Waals surface area contributed by atoms with Crippen LogP contribution in [0, 0.1) is 12.8 Å². The van der Waals surface area contributed by atoms with E-state index in [2.05, 4.69) is 18.8 Å². The first kappa shape index (κ1) is 14.7. The highest BCUT2D eigenvalue weighted by molar-refractivity contribution is 7.17. The molecule has 1 aromatic carbocycles. The molecule has 0 saturated carbocycles. The predicted molar refractivity (Wildman–Crippen MR) is 82.6 cm³/mol. The molecule has 106 valence electrons. The zero-order valence-corrected chi connectivity index (χ0v) is 13.1. The van der Waals surface area contributed by atoms with Crippen molar-refractivity contribution in [2.75, 3.05) is 6.61 Å². The molecule has 0 aliphatic heterocycles. The van der Waals surface area contributed by atoms with E-state index in [1.807, 2.05) is 31.2 Å². The minimum Gasteiger partial charge on any atom is -0.493 e. The van der Waals surface area contributed by atoms with E-state index in [1.165, 1.54) is 11.3 Å². The van der Waals surface area contributed by atoms with Gasteiger partial charge in [-0.25, -0.2) is 4.98 Å². The van der Waals surface area contributed by atoms with Crippen LogP contribution in [0.15, 0.2) is 24.3 Å². The summed E-state index contributed by atoms with van der Waals surface area (Å²) >= 11 is 1.44. The van der Waals surface area contributed by atoms with E-state index in [0.717, 1.165) is 26.9 Å². The maximum atomic E-state index is 11.5. The molecule has 20 heavy (non-hydrogen) atoms. The van der Waals surface area contributed by atoms with Gasteiger partial charge >= 0.3 is 0 Å². The molecule has 0 amide bonds. The molecule has 0 fully saturated rings.